The molecule has 0 saturated carbocycles. The van der Waals surface area contributed by atoms with E-state index in [0.29, 0.717) is 21.2 Å². The number of nitro groups is 1. The van der Waals surface area contributed by atoms with Gasteiger partial charge in [-0.05, 0) is 18.2 Å². The van der Waals surface area contributed by atoms with Gasteiger partial charge in [0.05, 0.1) is 16.7 Å². The fraction of sp³-hybridized carbons (Fsp3) is 0.0714. The minimum atomic E-state index is -0.501. The number of non-ortho nitro benzene ring substituents is 1. The van der Waals surface area contributed by atoms with Gasteiger partial charge < -0.3 is 4.74 Å². The molecule has 3 rings (SSSR count). The molecule has 1 heterocycles. The predicted molar refractivity (Wildman–Crippen MR) is 78.8 cm³/mol. The highest BCUT2D eigenvalue weighted by atomic mass is 32.1. The molecule has 100 valence electrons. The first-order valence-corrected chi connectivity index (χ1v) is 6.61. The lowest BCUT2D eigenvalue weighted by atomic mass is 10.1. The first-order chi connectivity index (χ1) is 9.61. The Hall–Kier alpha value is -2.47. The van der Waals surface area contributed by atoms with Gasteiger partial charge in [-0.25, -0.2) is 0 Å². The van der Waals surface area contributed by atoms with E-state index in [4.69, 9.17) is 4.74 Å². The Morgan fingerprint density at radius 1 is 1.20 bits per heavy atom. The molecule has 0 saturated heterocycles. The van der Waals surface area contributed by atoms with E-state index < -0.39 is 4.92 Å². The van der Waals surface area contributed by atoms with Crippen LogP contribution in [0.1, 0.15) is 0 Å². The molecule has 5 nitrogen and oxygen atoms in total. The summed E-state index contributed by atoms with van der Waals surface area (Å²) >= 11 is 1.39. The van der Waals surface area contributed by atoms with Crippen LogP contribution in [-0.2, 0) is 0 Å². The fourth-order valence-corrected chi connectivity index (χ4v) is 3.25. The molecule has 0 unspecified atom stereocenters. The van der Waals surface area contributed by atoms with Crippen molar-refractivity contribution >= 4 is 37.2 Å². The molecule has 0 spiro atoms. The van der Waals surface area contributed by atoms with E-state index in [-0.39, 0.29) is 11.1 Å². The van der Waals surface area contributed by atoms with Crippen molar-refractivity contribution in [1.82, 2.24) is 0 Å². The molecule has 0 fully saturated rings. The smallest absolute Gasteiger partial charge is 0.270 e. The van der Waals surface area contributed by atoms with Crippen molar-refractivity contribution in [1.29, 1.82) is 0 Å². The average molecular weight is 287 g/mol. The lowest BCUT2D eigenvalue weighted by molar-refractivity contribution is -0.384. The highest BCUT2D eigenvalue weighted by Gasteiger charge is 2.13. The molecule has 0 N–H and O–H groups in total. The van der Waals surface area contributed by atoms with Crippen molar-refractivity contribution < 1.29 is 9.66 Å². The number of nitro benzene ring substituents is 1. The summed E-state index contributed by atoms with van der Waals surface area (Å²) in [7, 11) is 1.55. The summed E-state index contributed by atoms with van der Waals surface area (Å²) in [5.41, 5.74) is -0.291. The normalized spacial score (nSPS) is 10.8. The molecule has 0 aliphatic heterocycles. The Labute approximate surface area is 117 Å². The summed E-state index contributed by atoms with van der Waals surface area (Å²) in [6, 6.07) is 9.56. The van der Waals surface area contributed by atoms with Gasteiger partial charge in [0.25, 0.3) is 5.69 Å². The molecule has 3 aromatic rings. The van der Waals surface area contributed by atoms with Crippen LogP contribution in [0, 0.1) is 10.1 Å². The number of benzene rings is 2. The summed E-state index contributed by atoms with van der Waals surface area (Å²) in [6.07, 6.45) is 0. The lowest BCUT2D eigenvalue weighted by Crippen LogP contribution is -2.02. The second-order valence-corrected chi connectivity index (χ2v) is 5.26. The van der Waals surface area contributed by atoms with E-state index in [2.05, 4.69) is 0 Å². The summed E-state index contributed by atoms with van der Waals surface area (Å²) in [5, 5.41) is 11.7. The number of hydrogen-bond acceptors (Lipinski definition) is 5. The van der Waals surface area contributed by atoms with E-state index in [1.54, 1.807) is 31.4 Å². The van der Waals surface area contributed by atoms with Crippen LogP contribution in [0.25, 0.3) is 20.2 Å². The second kappa shape index (κ2) is 4.57. The van der Waals surface area contributed by atoms with Crippen LogP contribution in [0.2, 0.25) is 0 Å². The van der Waals surface area contributed by atoms with Crippen molar-refractivity contribution in [3.63, 3.8) is 0 Å². The fourth-order valence-electron chi connectivity index (χ4n) is 2.11. The van der Waals surface area contributed by atoms with Crippen molar-refractivity contribution in [2.24, 2.45) is 0 Å². The largest absolute Gasteiger partial charge is 0.495 e. The van der Waals surface area contributed by atoms with Crippen LogP contribution in [0.3, 0.4) is 0 Å². The molecule has 20 heavy (non-hydrogen) atoms. The van der Waals surface area contributed by atoms with Gasteiger partial charge >= 0.3 is 0 Å². The van der Waals surface area contributed by atoms with Gasteiger partial charge in [-0.15, -0.1) is 11.3 Å². The van der Waals surface area contributed by atoms with Crippen molar-refractivity contribution in [3.8, 4) is 5.75 Å². The number of nitrogens with zero attached hydrogens (tertiary/aromatic N) is 1. The molecular weight excluding hydrogens is 278 g/mol. The third-order valence-electron chi connectivity index (χ3n) is 3.07. The van der Waals surface area contributed by atoms with Gasteiger partial charge in [0.15, 0.2) is 5.43 Å². The Bertz CT molecular complexity index is 901. The quantitative estimate of drug-likeness (QED) is 0.412. The third-order valence-corrected chi connectivity index (χ3v) is 4.28. The highest BCUT2D eigenvalue weighted by Crippen LogP contribution is 2.32. The van der Waals surface area contributed by atoms with Gasteiger partial charge in [-0.1, -0.05) is 6.07 Å². The first kappa shape index (κ1) is 12.6. The molecule has 0 radical (unpaired) electrons. The number of ether oxygens (including phenoxy) is 1. The Morgan fingerprint density at radius 3 is 2.70 bits per heavy atom. The van der Waals surface area contributed by atoms with Crippen molar-refractivity contribution in [3.05, 3.63) is 56.7 Å². The standard InChI is InChI=1S/C14H9NO4S/c1-19-11-4-2-3-9-13(16)10-7-8(15(17)18)5-6-12(10)20-14(9)11/h2-7H,1H3. The molecule has 2 aromatic carbocycles. The molecule has 0 aliphatic rings. The molecule has 1 aromatic heterocycles. The van der Waals surface area contributed by atoms with E-state index in [9.17, 15) is 14.9 Å². The van der Waals surface area contributed by atoms with Gasteiger partial charge in [0, 0.05) is 27.6 Å². The lowest BCUT2D eigenvalue weighted by Gasteiger charge is -2.05. The van der Waals surface area contributed by atoms with Crippen LogP contribution < -0.4 is 10.2 Å². The third kappa shape index (κ3) is 1.81. The van der Waals surface area contributed by atoms with Gasteiger partial charge in [-0.3, -0.25) is 14.9 Å². The Balaban J connectivity index is 2.47. The highest BCUT2D eigenvalue weighted by molar-refractivity contribution is 7.24. The van der Waals surface area contributed by atoms with E-state index in [0.717, 1.165) is 4.70 Å². The zero-order valence-electron chi connectivity index (χ0n) is 10.5. The maximum absolute atomic E-state index is 12.5. The number of rotatable bonds is 2. The van der Waals surface area contributed by atoms with E-state index >= 15 is 0 Å². The summed E-state index contributed by atoms with van der Waals surface area (Å²) in [4.78, 5) is 22.8. The molecular formula is C14H9NO4S. The first-order valence-electron chi connectivity index (χ1n) is 5.80. The van der Waals surface area contributed by atoms with Gasteiger partial charge in [-0.2, -0.15) is 0 Å². The van der Waals surface area contributed by atoms with Crippen LogP contribution in [-0.4, -0.2) is 12.0 Å². The Kier molecular flexibility index (Phi) is 2.87. The minimum absolute atomic E-state index is 0.0796. The summed E-state index contributed by atoms with van der Waals surface area (Å²) < 4.78 is 6.71. The number of hydrogen-bond donors (Lipinski definition) is 0. The number of methoxy groups -OCH3 is 1. The van der Waals surface area contributed by atoms with Crippen molar-refractivity contribution in [2.45, 2.75) is 0 Å². The molecule has 6 heteroatoms. The SMILES string of the molecule is COc1cccc2c(=O)c3cc([N+](=O)[O-])ccc3sc12. The van der Waals surface area contributed by atoms with Crippen LogP contribution >= 0.6 is 11.3 Å². The predicted octanol–water partition coefficient (Wildman–Crippen LogP) is 3.33. The molecule has 0 amide bonds. The van der Waals surface area contributed by atoms with Gasteiger partial charge in [0.1, 0.15) is 5.75 Å². The number of fused-ring (bicyclic) bond motifs is 2. The monoisotopic (exact) mass is 287 g/mol. The topological polar surface area (TPSA) is 69.4 Å². The maximum Gasteiger partial charge on any atom is 0.270 e. The minimum Gasteiger partial charge on any atom is -0.495 e. The molecule has 0 atom stereocenters. The second-order valence-electron chi connectivity index (χ2n) is 4.21. The zero-order chi connectivity index (χ0) is 14.3. The van der Waals surface area contributed by atoms with Crippen LogP contribution in [0.5, 0.6) is 5.75 Å². The molecule has 0 bridgehead atoms. The van der Waals surface area contributed by atoms with Crippen LogP contribution in [0.4, 0.5) is 5.69 Å². The Morgan fingerprint density at radius 2 is 2.00 bits per heavy atom. The summed E-state index contributed by atoms with van der Waals surface area (Å²) in [5.74, 6) is 0.629. The van der Waals surface area contributed by atoms with E-state index in [1.807, 2.05) is 0 Å². The van der Waals surface area contributed by atoms with E-state index in [1.165, 1.54) is 23.5 Å². The van der Waals surface area contributed by atoms with Crippen molar-refractivity contribution in [2.75, 3.05) is 7.11 Å². The maximum atomic E-state index is 12.5. The van der Waals surface area contributed by atoms with Crippen LogP contribution in [0.15, 0.2) is 41.2 Å². The summed E-state index contributed by atoms with van der Waals surface area (Å²) in [6.45, 7) is 0. The molecule has 0 aliphatic carbocycles. The zero-order valence-corrected chi connectivity index (χ0v) is 11.3. The van der Waals surface area contributed by atoms with Gasteiger partial charge in [0.2, 0.25) is 0 Å². The average Bonchev–Trinajstić information content (AvgIpc) is 2.46.